The van der Waals surface area contributed by atoms with Gasteiger partial charge in [-0.1, -0.05) is 26.6 Å². The van der Waals surface area contributed by atoms with Gasteiger partial charge in [0.15, 0.2) is 0 Å². The zero-order valence-electron chi connectivity index (χ0n) is 22.4. The molecule has 4 rings (SSSR count). The van der Waals surface area contributed by atoms with Crippen LogP contribution in [0.2, 0.25) is 25.7 Å². The number of nitrogens with one attached hydrogen (secondary N) is 1. The smallest absolute Gasteiger partial charge is 0.272 e. The molecule has 2 fully saturated rings. The van der Waals surface area contributed by atoms with Crippen LogP contribution in [0, 0.1) is 24.7 Å². The Hall–Kier alpha value is -1.94. The minimum atomic E-state index is -1.17. The standard InChI is InChI=1S/C26H38FN5O2Si.2ClH/c1-6-20-22(16(2)31-32(20)15-34-13-14-35(3,4)5)19-11-12-21(29-25(19)27)30-26(33)24(28)23(17-7-8-17)18-9-10-18;;/h11-12,17-18H,6-10,13-15,28H2,1-5H3,(H,29,30,33);2*1H. The van der Waals surface area contributed by atoms with E-state index in [1.807, 2.05) is 18.5 Å². The summed E-state index contributed by atoms with van der Waals surface area (Å²) in [6.45, 7) is 11.9. The number of hydrogen-bond acceptors (Lipinski definition) is 5. The number of anilines is 1. The summed E-state index contributed by atoms with van der Waals surface area (Å²) >= 11 is 0. The number of ether oxygens (including phenoxy) is 1. The summed E-state index contributed by atoms with van der Waals surface area (Å²) in [5, 5.41) is 7.30. The van der Waals surface area contributed by atoms with Crippen LogP contribution in [0.15, 0.2) is 23.4 Å². The molecule has 2 aromatic rings. The molecule has 0 radical (unpaired) electrons. The number of nitrogens with zero attached hydrogens (tertiary/aromatic N) is 3. The van der Waals surface area contributed by atoms with E-state index in [1.54, 1.807) is 12.1 Å². The van der Waals surface area contributed by atoms with Crippen LogP contribution < -0.4 is 11.1 Å². The number of halogens is 3. The number of hydrogen-bond donors (Lipinski definition) is 2. The van der Waals surface area contributed by atoms with E-state index in [2.05, 4.69) is 35.0 Å². The van der Waals surface area contributed by atoms with Gasteiger partial charge >= 0.3 is 0 Å². The van der Waals surface area contributed by atoms with Gasteiger partial charge < -0.3 is 15.8 Å². The number of allylic oxidation sites excluding steroid dienone is 1. The lowest BCUT2D eigenvalue weighted by molar-refractivity contribution is -0.113. The lowest BCUT2D eigenvalue weighted by Gasteiger charge is -2.16. The zero-order chi connectivity index (χ0) is 25.3. The topological polar surface area (TPSA) is 95.1 Å². The summed E-state index contributed by atoms with van der Waals surface area (Å²) in [5.41, 5.74) is 10.3. The van der Waals surface area contributed by atoms with Crippen molar-refractivity contribution in [2.75, 3.05) is 11.9 Å². The highest BCUT2D eigenvalue weighted by molar-refractivity contribution is 6.76. The maximum atomic E-state index is 15.2. The van der Waals surface area contributed by atoms with Crippen LogP contribution in [0.4, 0.5) is 10.2 Å². The fraction of sp³-hybridized carbons (Fsp3) is 0.577. The lowest BCUT2D eigenvalue weighted by Crippen LogP contribution is -2.24. The van der Waals surface area contributed by atoms with Gasteiger partial charge in [-0.15, -0.1) is 24.8 Å². The molecule has 7 nitrogen and oxygen atoms in total. The summed E-state index contributed by atoms with van der Waals surface area (Å²) in [4.78, 5) is 16.8. The third kappa shape index (κ3) is 7.78. The fourth-order valence-electron chi connectivity index (χ4n) is 4.54. The van der Waals surface area contributed by atoms with Gasteiger partial charge in [0.1, 0.15) is 12.5 Å². The molecule has 0 saturated heterocycles. The molecule has 206 valence electrons. The molecule has 0 spiro atoms. The van der Waals surface area contributed by atoms with Gasteiger partial charge in [-0.2, -0.15) is 9.49 Å². The first kappa shape index (κ1) is 31.3. The highest BCUT2D eigenvalue weighted by atomic mass is 35.5. The van der Waals surface area contributed by atoms with Crippen LogP contribution >= 0.6 is 24.8 Å². The van der Waals surface area contributed by atoms with Crippen molar-refractivity contribution in [3.8, 4) is 11.1 Å². The quantitative estimate of drug-likeness (QED) is 0.147. The van der Waals surface area contributed by atoms with Gasteiger partial charge in [-0.3, -0.25) is 4.79 Å². The molecule has 2 heterocycles. The monoisotopic (exact) mass is 571 g/mol. The van der Waals surface area contributed by atoms with Crippen molar-refractivity contribution < 1.29 is 13.9 Å². The second-order valence-corrected chi connectivity index (χ2v) is 16.6. The number of carbonyl (C=O) groups is 1. The maximum absolute atomic E-state index is 15.2. The van der Waals surface area contributed by atoms with Crippen molar-refractivity contribution in [2.24, 2.45) is 17.6 Å². The Morgan fingerprint density at radius 1 is 1.19 bits per heavy atom. The predicted molar refractivity (Wildman–Crippen MR) is 153 cm³/mol. The van der Waals surface area contributed by atoms with E-state index in [1.165, 1.54) is 0 Å². The Bertz CT molecular complexity index is 1130. The number of rotatable bonds is 11. The van der Waals surface area contributed by atoms with Crippen LogP contribution in [-0.4, -0.2) is 35.4 Å². The van der Waals surface area contributed by atoms with E-state index in [-0.39, 0.29) is 36.3 Å². The first-order chi connectivity index (χ1) is 16.6. The molecular formula is C26H40Cl2FN5O2Si. The highest BCUT2D eigenvalue weighted by Gasteiger charge is 2.39. The largest absolute Gasteiger partial charge is 0.394 e. The molecular weight excluding hydrogens is 532 g/mol. The number of nitrogens with two attached hydrogens (primary N) is 1. The molecule has 0 unspecified atom stereocenters. The van der Waals surface area contributed by atoms with E-state index in [4.69, 9.17) is 10.5 Å². The molecule has 0 aromatic carbocycles. The summed E-state index contributed by atoms with van der Waals surface area (Å²) in [7, 11) is -1.17. The molecule has 0 aliphatic heterocycles. The highest BCUT2D eigenvalue weighted by Crippen LogP contribution is 2.49. The normalized spacial score (nSPS) is 15.0. The van der Waals surface area contributed by atoms with Gasteiger partial charge in [0.25, 0.3) is 5.91 Å². The van der Waals surface area contributed by atoms with Gasteiger partial charge in [0.2, 0.25) is 5.95 Å². The fourth-order valence-corrected chi connectivity index (χ4v) is 5.30. The average Bonchev–Trinajstić information content (AvgIpc) is 3.71. The second kappa shape index (κ2) is 12.7. The summed E-state index contributed by atoms with van der Waals surface area (Å²) in [6.07, 6.45) is 5.06. The van der Waals surface area contributed by atoms with E-state index >= 15 is 4.39 Å². The van der Waals surface area contributed by atoms with Crippen LogP contribution in [0.25, 0.3) is 11.1 Å². The third-order valence-corrected chi connectivity index (χ3v) is 8.43. The van der Waals surface area contributed by atoms with Crippen LogP contribution in [0.1, 0.15) is 44.0 Å². The first-order valence-corrected chi connectivity index (χ1v) is 16.4. The maximum Gasteiger partial charge on any atom is 0.272 e. The third-order valence-electron chi connectivity index (χ3n) is 6.73. The molecule has 2 saturated carbocycles. The molecule has 11 heteroatoms. The van der Waals surface area contributed by atoms with Crippen molar-refractivity contribution in [3.05, 3.63) is 40.7 Å². The van der Waals surface area contributed by atoms with Crippen LogP contribution in [0.3, 0.4) is 0 Å². The van der Waals surface area contributed by atoms with E-state index in [0.29, 0.717) is 37.2 Å². The number of aromatic nitrogens is 3. The first-order valence-electron chi connectivity index (χ1n) is 12.7. The molecule has 2 aliphatic carbocycles. The Labute approximate surface area is 232 Å². The van der Waals surface area contributed by atoms with Crippen molar-refractivity contribution in [1.29, 1.82) is 0 Å². The van der Waals surface area contributed by atoms with Crippen LogP contribution in [0.5, 0.6) is 0 Å². The number of carbonyl (C=O) groups excluding carboxylic acids is 1. The Morgan fingerprint density at radius 2 is 1.81 bits per heavy atom. The Balaban J connectivity index is 0.00000241. The van der Waals surface area contributed by atoms with Gasteiger partial charge in [0, 0.05) is 31.5 Å². The molecule has 0 bridgehead atoms. The molecule has 3 N–H and O–H groups in total. The molecule has 0 atom stereocenters. The van der Waals surface area contributed by atoms with Gasteiger partial charge in [-0.25, -0.2) is 9.67 Å². The zero-order valence-corrected chi connectivity index (χ0v) is 25.0. The van der Waals surface area contributed by atoms with Crippen molar-refractivity contribution >= 4 is 44.6 Å². The van der Waals surface area contributed by atoms with Gasteiger partial charge in [0.05, 0.1) is 11.4 Å². The molecule has 1 amide bonds. The number of amides is 1. The number of aryl methyl sites for hydroxylation is 1. The van der Waals surface area contributed by atoms with E-state index in [9.17, 15) is 4.79 Å². The minimum absolute atomic E-state index is 0. The van der Waals surface area contributed by atoms with Crippen LogP contribution in [-0.2, 0) is 22.7 Å². The van der Waals surface area contributed by atoms with Crippen molar-refractivity contribution in [3.63, 3.8) is 0 Å². The van der Waals surface area contributed by atoms with E-state index in [0.717, 1.165) is 54.3 Å². The SMILES string of the molecule is CCc1c(-c2ccc(NC(=O)C(N)=C(C3CC3)C3CC3)nc2F)c(C)nn1COCC[Si](C)(C)C.Cl.Cl. The van der Waals surface area contributed by atoms with E-state index < -0.39 is 19.9 Å². The minimum Gasteiger partial charge on any atom is -0.394 e. The predicted octanol–water partition coefficient (Wildman–Crippen LogP) is 6.08. The Morgan fingerprint density at radius 3 is 2.32 bits per heavy atom. The number of pyridine rings is 1. The molecule has 2 aromatic heterocycles. The molecule has 37 heavy (non-hydrogen) atoms. The average molecular weight is 573 g/mol. The summed E-state index contributed by atoms with van der Waals surface area (Å²) in [5.74, 6) is -0.0133. The molecule has 2 aliphatic rings. The second-order valence-electron chi connectivity index (χ2n) is 11.0. The van der Waals surface area contributed by atoms with Gasteiger partial charge in [-0.05, 0) is 74.6 Å². The Kier molecular flexibility index (Phi) is 10.8. The van der Waals surface area contributed by atoms with Crippen molar-refractivity contribution in [1.82, 2.24) is 14.8 Å². The van der Waals surface area contributed by atoms with Crippen molar-refractivity contribution in [2.45, 2.75) is 78.4 Å². The summed E-state index contributed by atoms with van der Waals surface area (Å²) in [6, 6.07) is 4.36. The lowest BCUT2D eigenvalue weighted by atomic mass is 10.0. The summed E-state index contributed by atoms with van der Waals surface area (Å²) < 4.78 is 22.9.